The van der Waals surface area contributed by atoms with Crippen LogP contribution in [0.15, 0.2) is 30.3 Å². The molecule has 1 saturated heterocycles. The molecule has 23 heavy (non-hydrogen) atoms. The average Bonchev–Trinajstić information content (AvgIpc) is 3.05. The Labute approximate surface area is 137 Å². The molecule has 5 nitrogen and oxygen atoms in total. The van der Waals surface area contributed by atoms with E-state index in [1.54, 1.807) is 0 Å². The third-order valence-electron chi connectivity index (χ3n) is 5.48. The number of nitrogens with zero attached hydrogens (tertiary/aromatic N) is 1. The SMILES string of the molecule is C[C@@H](NC(=O)CN1C[C@@H]2CCC[C@]2(C(N)=O)C1)c1ccccc1. The first-order valence-corrected chi connectivity index (χ1v) is 8.38. The zero-order valence-corrected chi connectivity index (χ0v) is 13.6. The van der Waals surface area contributed by atoms with Gasteiger partial charge in [-0.3, -0.25) is 14.5 Å². The maximum Gasteiger partial charge on any atom is 0.234 e. The minimum Gasteiger partial charge on any atom is -0.369 e. The molecule has 0 aromatic heterocycles. The maximum atomic E-state index is 12.3. The highest BCUT2D eigenvalue weighted by Gasteiger charge is 2.53. The van der Waals surface area contributed by atoms with Gasteiger partial charge in [-0.1, -0.05) is 36.8 Å². The van der Waals surface area contributed by atoms with E-state index in [4.69, 9.17) is 5.73 Å². The van der Waals surface area contributed by atoms with Crippen LogP contribution >= 0.6 is 0 Å². The smallest absolute Gasteiger partial charge is 0.234 e. The van der Waals surface area contributed by atoms with Crippen molar-refractivity contribution in [2.45, 2.75) is 32.2 Å². The number of primary amides is 1. The van der Waals surface area contributed by atoms with Gasteiger partial charge in [0.2, 0.25) is 11.8 Å². The Bertz CT molecular complexity index is 589. The fourth-order valence-electron chi connectivity index (χ4n) is 4.23. The van der Waals surface area contributed by atoms with Crippen LogP contribution < -0.4 is 11.1 Å². The zero-order chi connectivity index (χ0) is 16.4. The maximum absolute atomic E-state index is 12.3. The molecule has 5 heteroatoms. The lowest BCUT2D eigenvalue weighted by atomic mass is 9.80. The fraction of sp³-hybridized carbons (Fsp3) is 0.556. The first-order valence-electron chi connectivity index (χ1n) is 8.38. The standard InChI is InChI=1S/C18H25N3O2/c1-13(14-6-3-2-4-7-14)20-16(22)11-21-10-15-8-5-9-18(15,12-21)17(19)23/h2-4,6-7,13,15H,5,8-12H2,1H3,(H2,19,23)(H,20,22)/t13-,15+,18+/m1/s1. The molecular formula is C18H25N3O2. The molecule has 1 aromatic carbocycles. The van der Waals surface area contributed by atoms with Gasteiger partial charge < -0.3 is 11.1 Å². The summed E-state index contributed by atoms with van der Waals surface area (Å²) < 4.78 is 0. The van der Waals surface area contributed by atoms with E-state index in [1.165, 1.54) is 0 Å². The second kappa shape index (κ2) is 6.32. The molecule has 0 spiro atoms. The number of carbonyl (C=O) groups excluding carboxylic acids is 2. The number of carbonyl (C=O) groups is 2. The highest BCUT2D eigenvalue weighted by atomic mass is 16.2. The van der Waals surface area contributed by atoms with Crippen LogP contribution in [-0.2, 0) is 9.59 Å². The number of rotatable bonds is 5. The monoisotopic (exact) mass is 315 g/mol. The number of amides is 2. The number of nitrogens with two attached hydrogens (primary N) is 1. The van der Waals surface area contributed by atoms with Gasteiger partial charge in [-0.05, 0) is 31.2 Å². The van der Waals surface area contributed by atoms with Crippen molar-refractivity contribution in [1.29, 1.82) is 0 Å². The van der Waals surface area contributed by atoms with Crippen molar-refractivity contribution >= 4 is 11.8 Å². The van der Waals surface area contributed by atoms with Gasteiger partial charge >= 0.3 is 0 Å². The molecule has 0 bridgehead atoms. The molecule has 1 heterocycles. The van der Waals surface area contributed by atoms with Crippen LogP contribution in [0.3, 0.4) is 0 Å². The molecule has 1 aliphatic carbocycles. The van der Waals surface area contributed by atoms with Gasteiger partial charge in [0.25, 0.3) is 0 Å². The lowest BCUT2D eigenvalue weighted by molar-refractivity contribution is -0.129. The van der Waals surface area contributed by atoms with Crippen LogP contribution in [0.2, 0.25) is 0 Å². The molecule has 1 aliphatic heterocycles. The van der Waals surface area contributed by atoms with Crippen molar-refractivity contribution < 1.29 is 9.59 Å². The van der Waals surface area contributed by atoms with E-state index in [9.17, 15) is 9.59 Å². The molecule has 124 valence electrons. The Morgan fingerprint density at radius 2 is 2.13 bits per heavy atom. The van der Waals surface area contributed by atoms with E-state index >= 15 is 0 Å². The minimum absolute atomic E-state index is 0.000877. The summed E-state index contributed by atoms with van der Waals surface area (Å²) in [5, 5.41) is 3.03. The molecule has 1 saturated carbocycles. The molecule has 0 radical (unpaired) electrons. The van der Waals surface area contributed by atoms with Gasteiger partial charge in [0, 0.05) is 13.1 Å². The van der Waals surface area contributed by atoms with Crippen molar-refractivity contribution in [2.75, 3.05) is 19.6 Å². The molecule has 3 N–H and O–H groups in total. The largest absolute Gasteiger partial charge is 0.369 e. The molecular weight excluding hydrogens is 290 g/mol. The third-order valence-corrected chi connectivity index (χ3v) is 5.48. The number of likely N-dealkylation sites (tertiary alicyclic amines) is 1. The minimum atomic E-state index is -0.397. The Hall–Kier alpha value is -1.88. The van der Waals surface area contributed by atoms with Crippen molar-refractivity contribution in [1.82, 2.24) is 10.2 Å². The van der Waals surface area contributed by atoms with Crippen molar-refractivity contribution in [3.05, 3.63) is 35.9 Å². The molecule has 0 unspecified atom stereocenters. The van der Waals surface area contributed by atoms with E-state index in [-0.39, 0.29) is 17.9 Å². The lowest BCUT2D eigenvalue weighted by Gasteiger charge is -2.25. The number of hydrogen-bond donors (Lipinski definition) is 2. The Morgan fingerprint density at radius 3 is 2.78 bits per heavy atom. The van der Waals surface area contributed by atoms with E-state index < -0.39 is 5.41 Å². The van der Waals surface area contributed by atoms with Crippen molar-refractivity contribution in [2.24, 2.45) is 17.1 Å². The number of benzene rings is 1. The highest BCUT2D eigenvalue weighted by Crippen LogP contribution is 2.48. The highest BCUT2D eigenvalue weighted by molar-refractivity contribution is 5.83. The first kappa shape index (κ1) is 16.0. The lowest BCUT2D eigenvalue weighted by Crippen LogP contribution is -2.42. The van der Waals surface area contributed by atoms with Gasteiger partial charge in [0.05, 0.1) is 18.0 Å². The van der Waals surface area contributed by atoms with E-state index in [2.05, 4.69) is 10.2 Å². The molecule has 3 rings (SSSR count). The molecule has 3 atom stereocenters. The molecule has 2 amide bonds. The van der Waals surface area contributed by atoms with Crippen LogP contribution in [0.1, 0.15) is 37.8 Å². The van der Waals surface area contributed by atoms with Gasteiger partial charge in [-0.15, -0.1) is 0 Å². The second-order valence-electron chi connectivity index (χ2n) is 6.98. The van der Waals surface area contributed by atoms with Crippen LogP contribution in [0.25, 0.3) is 0 Å². The average molecular weight is 315 g/mol. The quantitative estimate of drug-likeness (QED) is 0.863. The first-order chi connectivity index (χ1) is 11.0. The van der Waals surface area contributed by atoms with Gasteiger partial charge in [0.1, 0.15) is 0 Å². The Morgan fingerprint density at radius 1 is 1.39 bits per heavy atom. The van der Waals surface area contributed by atoms with Gasteiger partial charge in [-0.25, -0.2) is 0 Å². The summed E-state index contributed by atoms with van der Waals surface area (Å²) in [4.78, 5) is 26.3. The summed E-state index contributed by atoms with van der Waals surface area (Å²) in [6, 6.07) is 9.90. The summed E-state index contributed by atoms with van der Waals surface area (Å²) in [5.74, 6) is 0.126. The predicted molar refractivity (Wildman–Crippen MR) is 88.4 cm³/mol. The Balaban J connectivity index is 1.56. The molecule has 2 aliphatic rings. The summed E-state index contributed by atoms with van der Waals surface area (Å²) in [7, 11) is 0. The second-order valence-corrected chi connectivity index (χ2v) is 6.98. The van der Waals surface area contributed by atoms with E-state index in [1.807, 2.05) is 37.3 Å². The normalized spacial score (nSPS) is 28.3. The molecule has 1 aromatic rings. The van der Waals surface area contributed by atoms with E-state index in [0.29, 0.717) is 19.0 Å². The number of fused-ring (bicyclic) bond motifs is 1. The van der Waals surface area contributed by atoms with Crippen LogP contribution in [0.4, 0.5) is 0 Å². The summed E-state index contributed by atoms with van der Waals surface area (Å²) in [5.41, 5.74) is 6.35. The van der Waals surface area contributed by atoms with Gasteiger partial charge in [0.15, 0.2) is 0 Å². The zero-order valence-electron chi connectivity index (χ0n) is 13.6. The topological polar surface area (TPSA) is 75.4 Å². The van der Waals surface area contributed by atoms with Crippen LogP contribution in [-0.4, -0.2) is 36.3 Å². The Kier molecular flexibility index (Phi) is 4.39. The predicted octanol–water partition coefficient (Wildman–Crippen LogP) is 1.45. The fourth-order valence-corrected chi connectivity index (χ4v) is 4.23. The van der Waals surface area contributed by atoms with E-state index in [0.717, 1.165) is 31.4 Å². The summed E-state index contributed by atoms with van der Waals surface area (Å²) in [6.45, 7) is 3.75. The summed E-state index contributed by atoms with van der Waals surface area (Å²) >= 11 is 0. The third kappa shape index (κ3) is 3.11. The summed E-state index contributed by atoms with van der Waals surface area (Å²) in [6.07, 6.45) is 2.98. The van der Waals surface area contributed by atoms with Gasteiger partial charge in [-0.2, -0.15) is 0 Å². The van der Waals surface area contributed by atoms with Crippen LogP contribution in [0.5, 0.6) is 0 Å². The van der Waals surface area contributed by atoms with Crippen molar-refractivity contribution in [3.63, 3.8) is 0 Å². The van der Waals surface area contributed by atoms with Crippen molar-refractivity contribution in [3.8, 4) is 0 Å². The molecule has 2 fully saturated rings. The number of hydrogen-bond acceptors (Lipinski definition) is 3. The van der Waals surface area contributed by atoms with Crippen LogP contribution in [0, 0.1) is 11.3 Å². The number of nitrogens with one attached hydrogen (secondary N) is 1.